The zero-order chi connectivity index (χ0) is 20.2. The van der Waals surface area contributed by atoms with Gasteiger partial charge in [-0.2, -0.15) is 0 Å². The molecule has 1 heterocycles. The number of rotatable bonds is 4. The molecule has 0 spiro atoms. The summed E-state index contributed by atoms with van der Waals surface area (Å²) in [6.07, 6.45) is 0.233. The molecule has 1 amide bonds. The Morgan fingerprint density at radius 1 is 1.03 bits per heavy atom. The molecule has 0 saturated heterocycles. The minimum atomic E-state index is -0.403. The number of halogens is 1. The molecule has 4 N–H and O–H groups in total. The molecule has 0 radical (unpaired) electrons. The fraction of sp³-hybridized carbons (Fsp3) is 0.0455. The summed E-state index contributed by atoms with van der Waals surface area (Å²) < 4.78 is 19.6. The van der Waals surface area contributed by atoms with Crippen LogP contribution in [0.15, 0.2) is 77.2 Å². The predicted molar refractivity (Wildman–Crippen MR) is 118 cm³/mol. The summed E-state index contributed by atoms with van der Waals surface area (Å²) in [5, 5.41) is 5.79. The molecule has 152 valence electrons. The van der Waals surface area contributed by atoms with Crippen molar-refractivity contribution in [1.29, 1.82) is 0 Å². The van der Waals surface area contributed by atoms with E-state index in [2.05, 4.69) is 15.6 Å². The van der Waals surface area contributed by atoms with Gasteiger partial charge in [-0.05, 0) is 48.1 Å². The van der Waals surface area contributed by atoms with Crippen molar-refractivity contribution in [3.8, 4) is 11.5 Å². The van der Waals surface area contributed by atoms with Crippen molar-refractivity contribution in [1.82, 2.24) is 10.3 Å². The molecular formula is C22H18FN3O3S. The van der Waals surface area contributed by atoms with Crippen LogP contribution in [0.5, 0.6) is 0 Å². The molecule has 0 aliphatic rings. The number of anilines is 1. The zero-order valence-electron chi connectivity index (χ0n) is 15.7. The zero-order valence-corrected chi connectivity index (χ0v) is 16.5. The second-order valence-corrected chi connectivity index (χ2v) is 6.75. The highest BCUT2D eigenvalue weighted by Gasteiger charge is 2.13. The molecule has 4 aromatic rings. The van der Waals surface area contributed by atoms with E-state index in [1.54, 1.807) is 36.4 Å². The number of hydrogen-bond donors (Lipinski definition) is 2. The van der Waals surface area contributed by atoms with Crippen LogP contribution in [0.25, 0.3) is 22.6 Å². The van der Waals surface area contributed by atoms with E-state index in [1.165, 1.54) is 6.07 Å². The Balaban J connectivity index is 0.00000256. The number of nitrogens with one attached hydrogen (secondary N) is 2. The van der Waals surface area contributed by atoms with Crippen molar-refractivity contribution in [2.75, 3.05) is 5.32 Å². The Kier molecular flexibility index (Phi) is 6.51. The molecule has 0 atom stereocenters. The first-order valence-electron chi connectivity index (χ1n) is 8.89. The van der Waals surface area contributed by atoms with E-state index in [9.17, 15) is 9.18 Å². The number of hydrogen-bond acceptors (Lipinski definition) is 4. The minimum absolute atomic E-state index is 0. The average Bonchev–Trinajstić information content (AvgIpc) is 3.12. The van der Waals surface area contributed by atoms with E-state index >= 15 is 0 Å². The summed E-state index contributed by atoms with van der Waals surface area (Å²) in [7, 11) is 0. The highest BCUT2D eigenvalue weighted by molar-refractivity contribution is 7.80. The number of carbonyl (C=O) groups excluding carboxylic acids is 1. The molecule has 3 aromatic carbocycles. The van der Waals surface area contributed by atoms with E-state index in [0.29, 0.717) is 22.4 Å². The molecule has 0 bridgehead atoms. The number of fused-ring (bicyclic) bond motifs is 1. The van der Waals surface area contributed by atoms with Gasteiger partial charge in [-0.1, -0.05) is 42.5 Å². The SMILES string of the molecule is O.O=C(Cc1ccccc1)NC(=S)Nc1ccc2oc(-c3ccccc3F)nc2c1. The van der Waals surface area contributed by atoms with Gasteiger partial charge in [-0.25, -0.2) is 9.37 Å². The lowest BCUT2D eigenvalue weighted by atomic mass is 10.1. The summed E-state index contributed by atoms with van der Waals surface area (Å²) in [6, 6.07) is 20.9. The molecule has 6 nitrogen and oxygen atoms in total. The molecule has 0 unspecified atom stereocenters. The molecule has 8 heteroatoms. The molecule has 0 aliphatic heterocycles. The van der Waals surface area contributed by atoms with Gasteiger partial charge in [0.05, 0.1) is 12.0 Å². The average molecular weight is 423 g/mol. The van der Waals surface area contributed by atoms with E-state index in [4.69, 9.17) is 16.6 Å². The van der Waals surface area contributed by atoms with E-state index in [-0.39, 0.29) is 28.8 Å². The third kappa shape index (κ3) is 4.86. The molecule has 30 heavy (non-hydrogen) atoms. The molecule has 0 aliphatic carbocycles. The number of aromatic nitrogens is 1. The molecule has 1 aromatic heterocycles. The van der Waals surface area contributed by atoms with Gasteiger partial charge in [-0.15, -0.1) is 0 Å². The van der Waals surface area contributed by atoms with Crippen molar-refractivity contribution in [2.45, 2.75) is 6.42 Å². The van der Waals surface area contributed by atoms with Crippen molar-refractivity contribution < 1.29 is 19.1 Å². The van der Waals surface area contributed by atoms with Crippen molar-refractivity contribution in [3.05, 3.63) is 84.2 Å². The maximum absolute atomic E-state index is 14.0. The Morgan fingerprint density at radius 2 is 1.77 bits per heavy atom. The van der Waals surface area contributed by atoms with Crippen LogP contribution >= 0.6 is 12.2 Å². The molecule has 0 fully saturated rings. The number of thiocarbonyl (C=S) groups is 1. The smallest absolute Gasteiger partial charge is 0.230 e. The number of amides is 1. The van der Waals surface area contributed by atoms with Gasteiger partial charge in [0.15, 0.2) is 10.7 Å². The van der Waals surface area contributed by atoms with Crippen LogP contribution in [0.1, 0.15) is 5.56 Å². The van der Waals surface area contributed by atoms with Crippen LogP contribution in [0.4, 0.5) is 10.1 Å². The Morgan fingerprint density at radius 3 is 2.53 bits per heavy atom. The first-order chi connectivity index (χ1) is 14.1. The first-order valence-corrected chi connectivity index (χ1v) is 9.29. The van der Waals surface area contributed by atoms with Crippen LogP contribution in [0.2, 0.25) is 0 Å². The summed E-state index contributed by atoms with van der Waals surface area (Å²) in [5.74, 6) is -0.410. The fourth-order valence-electron chi connectivity index (χ4n) is 2.87. The van der Waals surface area contributed by atoms with E-state index < -0.39 is 5.82 Å². The van der Waals surface area contributed by atoms with Gasteiger partial charge < -0.3 is 20.5 Å². The minimum Gasteiger partial charge on any atom is -0.436 e. The number of oxazole rings is 1. The number of benzene rings is 3. The Bertz CT molecular complexity index is 1190. The largest absolute Gasteiger partial charge is 0.436 e. The summed E-state index contributed by atoms with van der Waals surface area (Å²) in [6.45, 7) is 0. The Hall–Kier alpha value is -3.62. The van der Waals surface area contributed by atoms with Gasteiger partial charge in [0, 0.05) is 5.69 Å². The molecular weight excluding hydrogens is 405 g/mol. The third-order valence-corrected chi connectivity index (χ3v) is 4.41. The normalized spacial score (nSPS) is 10.3. The van der Waals surface area contributed by atoms with Crippen molar-refractivity contribution in [3.63, 3.8) is 0 Å². The van der Waals surface area contributed by atoms with Gasteiger partial charge in [0.1, 0.15) is 11.3 Å². The standard InChI is InChI=1S/C22H16FN3O2S.H2O/c23-17-9-5-4-8-16(17)21-25-18-13-15(10-11-19(18)28-21)24-22(29)26-20(27)12-14-6-2-1-3-7-14;/h1-11,13H,12H2,(H2,24,26,27,29);1H2. The molecule has 0 saturated carbocycles. The fourth-order valence-corrected chi connectivity index (χ4v) is 3.10. The summed E-state index contributed by atoms with van der Waals surface area (Å²) in [4.78, 5) is 16.5. The van der Waals surface area contributed by atoms with Gasteiger partial charge in [0.25, 0.3) is 0 Å². The van der Waals surface area contributed by atoms with Crippen LogP contribution in [0.3, 0.4) is 0 Å². The van der Waals surface area contributed by atoms with Gasteiger partial charge >= 0.3 is 0 Å². The van der Waals surface area contributed by atoms with Crippen LogP contribution in [-0.2, 0) is 11.2 Å². The summed E-state index contributed by atoms with van der Waals surface area (Å²) in [5.41, 5.74) is 2.90. The second kappa shape index (κ2) is 9.25. The first kappa shape index (κ1) is 21.1. The van der Waals surface area contributed by atoms with Crippen molar-refractivity contribution >= 4 is 40.0 Å². The maximum Gasteiger partial charge on any atom is 0.230 e. The molecule has 4 rings (SSSR count). The van der Waals surface area contributed by atoms with Crippen LogP contribution in [0, 0.1) is 5.82 Å². The monoisotopic (exact) mass is 423 g/mol. The lowest BCUT2D eigenvalue weighted by molar-refractivity contribution is -0.119. The predicted octanol–water partition coefficient (Wildman–Crippen LogP) is 3.86. The van der Waals surface area contributed by atoms with Crippen LogP contribution in [-0.4, -0.2) is 21.5 Å². The lowest BCUT2D eigenvalue weighted by Crippen LogP contribution is -2.35. The quantitative estimate of drug-likeness (QED) is 0.486. The van der Waals surface area contributed by atoms with Gasteiger partial charge in [-0.3, -0.25) is 4.79 Å². The number of nitrogens with zero attached hydrogens (tertiary/aromatic N) is 1. The second-order valence-electron chi connectivity index (χ2n) is 6.35. The topological polar surface area (TPSA) is 98.7 Å². The lowest BCUT2D eigenvalue weighted by Gasteiger charge is -2.09. The third-order valence-electron chi connectivity index (χ3n) is 4.21. The highest BCUT2D eigenvalue weighted by Crippen LogP contribution is 2.27. The Labute approximate surface area is 177 Å². The van der Waals surface area contributed by atoms with E-state index in [1.807, 2.05) is 30.3 Å². The van der Waals surface area contributed by atoms with Crippen molar-refractivity contribution in [2.24, 2.45) is 0 Å². The maximum atomic E-state index is 14.0. The number of carbonyl (C=O) groups is 1. The highest BCUT2D eigenvalue weighted by atomic mass is 32.1. The van der Waals surface area contributed by atoms with Gasteiger partial charge in [0.2, 0.25) is 11.8 Å². The van der Waals surface area contributed by atoms with E-state index in [0.717, 1.165) is 5.56 Å². The summed E-state index contributed by atoms with van der Waals surface area (Å²) >= 11 is 5.21. The van der Waals surface area contributed by atoms with Crippen LogP contribution < -0.4 is 10.6 Å².